The van der Waals surface area contributed by atoms with E-state index in [2.05, 4.69) is 19.6 Å². The van der Waals surface area contributed by atoms with E-state index in [9.17, 15) is 9.59 Å². The van der Waals surface area contributed by atoms with Crippen LogP contribution in [0, 0.1) is 0 Å². The molecule has 1 aromatic rings. The van der Waals surface area contributed by atoms with Gasteiger partial charge in [0.2, 0.25) is 0 Å². The number of amides is 2. The number of hydrogen-bond donors (Lipinski definition) is 0. The van der Waals surface area contributed by atoms with Crippen molar-refractivity contribution >= 4 is 20.3 Å². The summed E-state index contributed by atoms with van der Waals surface area (Å²) in [4.78, 5) is 26.3. The van der Waals surface area contributed by atoms with Crippen LogP contribution in [0.25, 0.3) is 0 Å². The van der Waals surface area contributed by atoms with Gasteiger partial charge in [-0.1, -0.05) is 36.4 Å². The van der Waals surface area contributed by atoms with Crippen molar-refractivity contribution in [2.75, 3.05) is 0 Å². The fourth-order valence-electron chi connectivity index (χ4n) is 3.12. The fraction of sp³-hybridized carbons (Fsp3) is 0.500. The van der Waals surface area contributed by atoms with Crippen molar-refractivity contribution < 1.29 is 18.8 Å². The van der Waals surface area contributed by atoms with Gasteiger partial charge in [-0.25, -0.2) is 9.69 Å². The SMILES string of the molecule is CC(C)(C)OC(=O)N1C(=O)C=C[C@H]1[C@](C)(O[Si](C)(C)C)c1ccccc1. The minimum Gasteiger partial charge on any atom is -0.443 e. The Morgan fingerprint density at radius 1 is 1.08 bits per heavy atom. The summed E-state index contributed by atoms with van der Waals surface area (Å²) in [6, 6.07) is 9.14. The molecule has 0 bridgehead atoms. The van der Waals surface area contributed by atoms with Crippen LogP contribution in [0.2, 0.25) is 19.6 Å². The lowest BCUT2D eigenvalue weighted by Gasteiger charge is -2.43. The van der Waals surface area contributed by atoms with E-state index in [0.29, 0.717) is 0 Å². The van der Waals surface area contributed by atoms with Crippen molar-refractivity contribution in [2.45, 2.75) is 64.6 Å². The van der Waals surface area contributed by atoms with E-state index in [1.165, 1.54) is 11.0 Å². The quantitative estimate of drug-likeness (QED) is 0.729. The highest BCUT2D eigenvalue weighted by Crippen LogP contribution is 2.38. The van der Waals surface area contributed by atoms with Crippen molar-refractivity contribution in [1.82, 2.24) is 4.90 Å². The molecule has 1 aliphatic rings. The molecule has 5 nitrogen and oxygen atoms in total. The number of carbonyl (C=O) groups is 2. The Bertz CT molecular complexity index is 703. The number of hydrogen-bond acceptors (Lipinski definition) is 4. The molecular formula is C20H29NO4Si. The Labute approximate surface area is 157 Å². The Hall–Kier alpha value is -1.92. The first kappa shape index (κ1) is 20.4. The van der Waals surface area contributed by atoms with Gasteiger partial charge in [-0.15, -0.1) is 0 Å². The van der Waals surface area contributed by atoms with E-state index in [4.69, 9.17) is 9.16 Å². The van der Waals surface area contributed by atoms with Crippen LogP contribution >= 0.6 is 0 Å². The van der Waals surface area contributed by atoms with Crippen molar-refractivity contribution in [3.63, 3.8) is 0 Å². The molecule has 0 unspecified atom stereocenters. The summed E-state index contributed by atoms with van der Waals surface area (Å²) in [5.41, 5.74) is -0.626. The zero-order valence-electron chi connectivity index (χ0n) is 16.7. The highest BCUT2D eigenvalue weighted by atomic mass is 28.4. The Morgan fingerprint density at radius 2 is 1.65 bits per heavy atom. The minimum atomic E-state index is -2.00. The lowest BCUT2D eigenvalue weighted by Crippen LogP contribution is -2.55. The molecule has 0 radical (unpaired) electrons. The molecule has 2 amide bonds. The predicted molar refractivity (Wildman–Crippen MR) is 104 cm³/mol. The maximum atomic E-state index is 12.7. The van der Waals surface area contributed by atoms with Gasteiger partial charge in [0.05, 0.1) is 6.04 Å². The van der Waals surface area contributed by atoms with Gasteiger partial charge in [-0.3, -0.25) is 4.79 Å². The van der Waals surface area contributed by atoms with Crippen molar-refractivity contribution in [1.29, 1.82) is 0 Å². The van der Waals surface area contributed by atoms with Crippen LogP contribution < -0.4 is 0 Å². The van der Waals surface area contributed by atoms with E-state index >= 15 is 0 Å². The molecule has 0 aliphatic carbocycles. The van der Waals surface area contributed by atoms with Crippen LogP contribution in [0.3, 0.4) is 0 Å². The normalized spacial score (nSPS) is 20.2. The van der Waals surface area contributed by atoms with Gasteiger partial charge in [0.1, 0.15) is 11.2 Å². The Morgan fingerprint density at radius 3 is 2.15 bits per heavy atom. The van der Waals surface area contributed by atoms with Gasteiger partial charge in [0.15, 0.2) is 8.32 Å². The average Bonchev–Trinajstić information content (AvgIpc) is 2.87. The Balaban J connectivity index is 2.47. The molecule has 2 atom stereocenters. The molecule has 26 heavy (non-hydrogen) atoms. The maximum absolute atomic E-state index is 12.7. The molecule has 0 fully saturated rings. The monoisotopic (exact) mass is 375 g/mol. The Kier molecular flexibility index (Phi) is 5.49. The van der Waals surface area contributed by atoms with Crippen molar-refractivity contribution in [2.24, 2.45) is 0 Å². The largest absolute Gasteiger partial charge is 0.443 e. The van der Waals surface area contributed by atoms with E-state index < -0.39 is 31.7 Å². The predicted octanol–water partition coefficient (Wildman–Crippen LogP) is 4.46. The third-order valence-electron chi connectivity index (χ3n) is 3.96. The topological polar surface area (TPSA) is 55.8 Å². The molecule has 0 aromatic heterocycles. The van der Waals surface area contributed by atoms with Crippen molar-refractivity contribution in [3.8, 4) is 0 Å². The van der Waals surface area contributed by atoms with Gasteiger partial charge < -0.3 is 9.16 Å². The smallest absolute Gasteiger partial charge is 0.417 e. The van der Waals surface area contributed by atoms with Gasteiger partial charge in [-0.2, -0.15) is 0 Å². The third-order valence-corrected chi connectivity index (χ3v) is 4.99. The van der Waals surface area contributed by atoms with Gasteiger partial charge >= 0.3 is 6.09 Å². The van der Waals surface area contributed by atoms with Crippen LogP contribution in [-0.2, 0) is 19.6 Å². The highest BCUT2D eigenvalue weighted by molar-refractivity contribution is 6.69. The van der Waals surface area contributed by atoms with E-state index in [0.717, 1.165) is 5.56 Å². The molecule has 1 heterocycles. The number of ether oxygens (including phenoxy) is 1. The van der Waals surface area contributed by atoms with Crippen LogP contribution in [0.15, 0.2) is 42.5 Å². The van der Waals surface area contributed by atoms with E-state index in [1.54, 1.807) is 26.8 Å². The summed E-state index contributed by atoms with van der Waals surface area (Å²) in [6.07, 6.45) is 2.50. The average molecular weight is 376 g/mol. The second-order valence-corrected chi connectivity index (χ2v) is 13.1. The molecule has 0 saturated heterocycles. The standard InChI is InChI=1S/C20H29NO4Si/c1-19(2,3)24-18(23)21-16(13-14-17(21)22)20(4,25-26(5,6)7)15-11-9-8-10-12-15/h8-14,16H,1-7H3/t16-,20+/m0/s1. The number of nitrogens with zero attached hydrogens (tertiary/aromatic N) is 1. The summed E-state index contributed by atoms with van der Waals surface area (Å²) in [7, 11) is -2.00. The zero-order chi connectivity index (χ0) is 19.8. The highest BCUT2D eigenvalue weighted by Gasteiger charge is 2.48. The molecule has 1 aliphatic heterocycles. The van der Waals surface area contributed by atoms with Gasteiger partial charge in [0.25, 0.3) is 5.91 Å². The summed E-state index contributed by atoms with van der Waals surface area (Å²) in [5.74, 6) is -0.384. The molecule has 0 spiro atoms. The molecule has 0 N–H and O–H groups in total. The van der Waals surface area contributed by atoms with Crippen LogP contribution in [-0.4, -0.2) is 36.9 Å². The van der Waals surface area contributed by atoms with E-state index in [1.807, 2.05) is 37.3 Å². The molecule has 0 saturated carbocycles. The summed E-state index contributed by atoms with van der Waals surface area (Å²) in [6.45, 7) is 13.5. The number of rotatable bonds is 4. The second kappa shape index (κ2) is 7.00. The third kappa shape index (κ3) is 4.62. The van der Waals surface area contributed by atoms with Gasteiger partial charge in [-0.05, 0) is 52.9 Å². The summed E-state index contributed by atoms with van der Waals surface area (Å²) in [5, 5.41) is 0. The first-order valence-corrected chi connectivity index (χ1v) is 12.2. The molecule has 6 heteroatoms. The fourth-order valence-corrected chi connectivity index (χ4v) is 4.63. The minimum absolute atomic E-state index is 0.384. The molecule has 142 valence electrons. The maximum Gasteiger partial charge on any atom is 0.417 e. The first-order chi connectivity index (χ1) is 11.8. The van der Waals surface area contributed by atoms with Crippen molar-refractivity contribution in [3.05, 3.63) is 48.0 Å². The lowest BCUT2D eigenvalue weighted by atomic mass is 9.88. The summed E-state index contributed by atoms with van der Waals surface area (Å²) >= 11 is 0. The molecule has 1 aromatic carbocycles. The molecule has 2 rings (SSSR count). The van der Waals surface area contributed by atoms with Crippen LogP contribution in [0.1, 0.15) is 33.3 Å². The van der Waals surface area contributed by atoms with E-state index in [-0.39, 0.29) is 5.91 Å². The number of carbonyl (C=O) groups excluding carboxylic acids is 2. The number of imide groups is 1. The zero-order valence-corrected chi connectivity index (χ0v) is 17.7. The van der Waals surface area contributed by atoms with Crippen LogP contribution in [0.4, 0.5) is 4.79 Å². The van der Waals surface area contributed by atoms with Gasteiger partial charge in [0, 0.05) is 6.08 Å². The second-order valence-electron chi connectivity index (χ2n) is 8.68. The van der Waals surface area contributed by atoms with Crippen LogP contribution in [0.5, 0.6) is 0 Å². The lowest BCUT2D eigenvalue weighted by molar-refractivity contribution is -0.129. The summed E-state index contributed by atoms with van der Waals surface area (Å²) < 4.78 is 12.0. The molecular weight excluding hydrogens is 346 g/mol. The first-order valence-electron chi connectivity index (χ1n) is 8.83. The number of benzene rings is 1.